The number of hydrazine groups is 1. The van der Waals surface area contributed by atoms with Gasteiger partial charge >= 0.3 is 5.69 Å². The lowest BCUT2D eigenvalue weighted by molar-refractivity contribution is 0.672. The zero-order chi connectivity index (χ0) is 7.68. The van der Waals surface area contributed by atoms with Gasteiger partial charge in [0.05, 0.1) is 0 Å². The number of hydrogen-bond donors (Lipinski definition) is 2. The van der Waals surface area contributed by atoms with E-state index < -0.39 is 0 Å². The Morgan fingerprint density at radius 1 is 1.64 bits per heavy atom. The second-order valence-electron chi connectivity index (χ2n) is 2.39. The number of aromatic amines is 1. The number of rotatable bonds is 2. The van der Waals surface area contributed by atoms with Crippen LogP contribution in [0.25, 0.3) is 0 Å². The van der Waals surface area contributed by atoms with Gasteiger partial charge in [-0.15, -0.1) is 0 Å². The minimum atomic E-state index is -0.322. The van der Waals surface area contributed by atoms with Gasteiger partial charge in [0, 0.05) is 19.3 Å². The monoisotopic (exact) mass is 152 g/mol. The summed E-state index contributed by atoms with van der Waals surface area (Å²) in [4.78, 5) is 16.7. The summed E-state index contributed by atoms with van der Waals surface area (Å²) in [5.74, 6) is 0.697. The molecule has 0 aromatic carbocycles. The molecule has 0 bridgehead atoms. The highest BCUT2D eigenvalue weighted by atomic mass is 16.1. The highest BCUT2D eigenvalue weighted by Crippen LogP contribution is 2.05. The van der Waals surface area contributed by atoms with Gasteiger partial charge in [-0.2, -0.15) is 0 Å². The molecule has 0 unspecified atom stereocenters. The van der Waals surface area contributed by atoms with Crippen LogP contribution in [0.15, 0.2) is 17.1 Å². The standard InChI is InChI=1S/C6H8N4O/c11-6-7-2-1-5(8-6)9-10-3-4-10/h1-2H,3-4H2,(H2,7,8,9,11). The third kappa shape index (κ3) is 1.56. The Balaban J connectivity index is 2.16. The van der Waals surface area contributed by atoms with Crippen molar-refractivity contribution in [2.24, 2.45) is 0 Å². The van der Waals surface area contributed by atoms with E-state index in [9.17, 15) is 4.79 Å². The molecule has 1 fully saturated rings. The molecular formula is C6H8N4O. The van der Waals surface area contributed by atoms with Gasteiger partial charge in [-0.05, 0) is 6.07 Å². The molecule has 11 heavy (non-hydrogen) atoms. The van der Waals surface area contributed by atoms with Gasteiger partial charge in [0.15, 0.2) is 0 Å². The third-order valence-electron chi connectivity index (χ3n) is 1.40. The second kappa shape index (κ2) is 2.35. The Labute approximate surface area is 63.0 Å². The highest BCUT2D eigenvalue weighted by Gasteiger charge is 2.16. The van der Waals surface area contributed by atoms with Crippen LogP contribution >= 0.6 is 0 Å². The molecule has 1 saturated heterocycles. The first-order valence-corrected chi connectivity index (χ1v) is 3.41. The lowest BCUT2D eigenvalue weighted by Gasteiger charge is -2.02. The van der Waals surface area contributed by atoms with Crippen LogP contribution in [0.4, 0.5) is 5.82 Å². The predicted octanol–water partition coefficient (Wildman–Crippen LogP) is -0.588. The molecule has 2 heterocycles. The summed E-state index contributed by atoms with van der Waals surface area (Å²) in [6.45, 7) is 2.06. The first-order chi connectivity index (χ1) is 5.34. The Kier molecular flexibility index (Phi) is 1.36. The molecule has 1 aromatic rings. The Bertz CT molecular complexity index is 303. The maximum atomic E-state index is 10.7. The van der Waals surface area contributed by atoms with Crippen molar-refractivity contribution in [3.63, 3.8) is 0 Å². The molecule has 1 aromatic heterocycles. The molecular weight excluding hydrogens is 144 g/mol. The van der Waals surface area contributed by atoms with E-state index in [0.29, 0.717) is 5.82 Å². The molecule has 5 heteroatoms. The van der Waals surface area contributed by atoms with E-state index >= 15 is 0 Å². The molecule has 2 rings (SSSR count). The van der Waals surface area contributed by atoms with Crippen molar-refractivity contribution in [2.75, 3.05) is 18.5 Å². The number of nitrogens with zero attached hydrogens (tertiary/aromatic N) is 2. The fourth-order valence-corrected chi connectivity index (χ4v) is 0.766. The summed E-state index contributed by atoms with van der Waals surface area (Å²) in [5, 5.41) is 1.98. The number of hydrogen-bond acceptors (Lipinski definition) is 4. The molecule has 0 aliphatic carbocycles. The molecule has 58 valence electrons. The van der Waals surface area contributed by atoms with E-state index in [0.717, 1.165) is 13.1 Å². The molecule has 1 aliphatic rings. The molecule has 0 spiro atoms. The van der Waals surface area contributed by atoms with Gasteiger partial charge in [0.1, 0.15) is 5.82 Å². The Hall–Kier alpha value is -1.36. The average Bonchev–Trinajstić information content (AvgIpc) is 2.71. The van der Waals surface area contributed by atoms with Crippen LogP contribution in [0.5, 0.6) is 0 Å². The minimum absolute atomic E-state index is 0.322. The van der Waals surface area contributed by atoms with E-state index in [1.54, 1.807) is 6.07 Å². The topological polar surface area (TPSA) is 60.8 Å². The number of aromatic nitrogens is 2. The SMILES string of the molecule is O=c1nccc(NN2CC2)[nH]1. The van der Waals surface area contributed by atoms with Gasteiger partial charge in [0.2, 0.25) is 0 Å². The van der Waals surface area contributed by atoms with Crippen LogP contribution in [0.2, 0.25) is 0 Å². The minimum Gasteiger partial charge on any atom is -0.304 e. The van der Waals surface area contributed by atoms with Crippen molar-refractivity contribution in [3.05, 3.63) is 22.7 Å². The summed E-state index contributed by atoms with van der Waals surface area (Å²) < 4.78 is 0. The summed E-state index contributed by atoms with van der Waals surface area (Å²) in [6, 6.07) is 1.72. The molecule has 2 N–H and O–H groups in total. The van der Waals surface area contributed by atoms with Gasteiger partial charge in [-0.3, -0.25) is 4.98 Å². The van der Waals surface area contributed by atoms with Crippen molar-refractivity contribution in [1.29, 1.82) is 0 Å². The van der Waals surface area contributed by atoms with Gasteiger partial charge in [0.25, 0.3) is 0 Å². The van der Waals surface area contributed by atoms with Crippen molar-refractivity contribution < 1.29 is 0 Å². The maximum Gasteiger partial charge on any atom is 0.346 e. The van der Waals surface area contributed by atoms with Gasteiger partial charge in [-0.1, -0.05) is 0 Å². The Morgan fingerprint density at radius 2 is 2.45 bits per heavy atom. The Morgan fingerprint density at radius 3 is 3.09 bits per heavy atom. The van der Waals surface area contributed by atoms with E-state index in [-0.39, 0.29) is 5.69 Å². The number of anilines is 1. The quantitative estimate of drug-likeness (QED) is 0.556. The first kappa shape index (κ1) is 6.36. The summed E-state index contributed by atoms with van der Waals surface area (Å²) in [7, 11) is 0. The lowest BCUT2D eigenvalue weighted by atomic mass is 10.6. The van der Waals surface area contributed by atoms with Crippen LogP contribution < -0.4 is 11.1 Å². The summed E-state index contributed by atoms with van der Waals surface area (Å²) in [5.41, 5.74) is 2.67. The number of H-pyrrole nitrogens is 1. The predicted molar refractivity (Wildman–Crippen MR) is 40.1 cm³/mol. The highest BCUT2D eigenvalue weighted by molar-refractivity contribution is 5.30. The number of nitrogens with one attached hydrogen (secondary N) is 2. The van der Waals surface area contributed by atoms with Crippen molar-refractivity contribution in [3.8, 4) is 0 Å². The van der Waals surface area contributed by atoms with E-state index in [1.807, 2.05) is 5.01 Å². The molecule has 0 radical (unpaired) electrons. The molecule has 0 saturated carbocycles. The molecule has 5 nitrogen and oxygen atoms in total. The molecule has 1 aliphatic heterocycles. The van der Waals surface area contributed by atoms with E-state index in [2.05, 4.69) is 15.4 Å². The van der Waals surface area contributed by atoms with E-state index in [4.69, 9.17) is 0 Å². The van der Waals surface area contributed by atoms with E-state index in [1.165, 1.54) is 6.20 Å². The van der Waals surface area contributed by atoms with Crippen molar-refractivity contribution in [1.82, 2.24) is 15.0 Å². The first-order valence-electron chi connectivity index (χ1n) is 3.41. The van der Waals surface area contributed by atoms with Crippen LogP contribution in [-0.4, -0.2) is 28.1 Å². The van der Waals surface area contributed by atoms with Gasteiger partial charge in [-0.25, -0.2) is 14.8 Å². The molecule has 0 amide bonds. The lowest BCUT2D eigenvalue weighted by Crippen LogP contribution is -2.15. The van der Waals surface area contributed by atoms with Crippen molar-refractivity contribution >= 4 is 5.82 Å². The zero-order valence-corrected chi connectivity index (χ0v) is 5.87. The second-order valence-corrected chi connectivity index (χ2v) is 2.39. The third-order valence-corrected chi connectivity index (χ3v) is 1.40. The fraction of sp³-hybridized carbons (Fsp3) is 0.333. The normalized spacial score (nSPS) is 16.4. The van der Waals surface area contributed by atoms with Gasteiger partial charge < -0.3 is 5.43 Å². The summed E-state index contributed by atoms with van der Waals surface area (Å²) >= 11 is 0. The van der Waals surface area contributed by atoms with Crippen LogP contribution in [0.3, 0.4) is 0 Å². The largest absolute Gasteiger partial charge is 0.346 e. The zero-order valence-electron chi connectivity index (χ0n) is 5.87. The molecule has 0 atom stereocenters. The smallest absolute Gasteiger partial charge is 0.304 e. The summed E-state index contributed by atoms with van der Waals surface area (Å²) in [6.07, 6.45) is 1.48. The van der Waals surface area contributed by atoms with Crippen LogP contribution in [0.1, 0.15) is 0 Å². The van der Waals surface area contributed by atoms with Crippen LogP contribution in [0, 0.1) is 0 Å². The average molecular weight is 152 g/mol. The van der Waals surface area contributed by atoms with Crippen LogP contribution in [-0.2, 0) is 0 Å². The maximum absolute atomic E-state index is 10.7. The van der Waals surface area contributed by atoms with Crippen molar-refractivity contribution in [2.45, 2.75) is 0 Å². The fourth-order valence-electron chi connectivity index (χ4n) is 0.766.